The molecule has 0 bridgehead atoms. The topological polar surface area (TPSA) is 21.3 Å². The molecule has 1 unspecified atom stereocenters. The molecule has 1 N–H and O–H groups in total. The van der Waals surface area contributed by atoms with E-state index in [0.717, 1.165) is 31.6 Å². The molecule has 4 heteroatoms. The van der Waals surface area contributed by atoms with Gasteiger partial charge in [-0.2, -0.15) is 0 Å². The number of ether oxygens (including phenoxy) is 1. The molecule has 2 aromatic heterocycles. The zero-order chi connectivity index (χ0) is 13.5. The highest BCUT2D eigenvalue weighted by Crippen LogP contribution is 2.33. The third-order valence-electron chi connectivity index (χ3n) is 3.09. The molecule has 0 radical (unpaired) electrons. The minimum absolute atomic E-state index is 0.400. The largest absolute Gasteiger partial charge is 0.496 e. The van der Waals surface area contributed by atoms with Crippen molar-refractivity contribution in [1.82, 2.24) is 5.32 Å². The first-order valence-corrected chi connectivity index (χ1v) is 8.48. The van der Waals surface area contributed by atoms with E-state index in [2.05, 4.69) is 41.2 Å². The van der Waals surface area contributed by atoms with Crippen LogP contribution < -0.4 is 10.1 Å². The predicted molar refractivity (Wildman–Crippen MR) is 84.5 cm³/mol. The van der Waals surface area contributed by atoms with E-state index in [1.54, 1.807) is 18.4 Å². The molecule has 0 spiro atoms. The molecule has 0 aromatic carbocycles. The Hall–Kier alpha value is -0.840. The Balaban J connectivity index is 2.02. The van der Waals surface area contributed by atoms with Crippen molar-refractivity contribution in [3.63, 3.8) is 0 Å². The third kappa shape index (κ3) is 4.06. The van der Waals surface area contributed by atoms with Gasteiger partial charge in [-0.05, 0) is 48.7 Å². The van der Waals surface area contributed by atoms with E-state index >= 15 is 0 Å². The first-order chi connectivity index (χ1) is 9.35. The second kappa shape index (κ2) is 7.68. The van der Waals surface area contributed by atoms with E-state index in [0.29, 0.717) is 6.04 Å². The zero-order valence-electron chi connectivity index (χ0n) is 11.5. The summed E-state index contributed by atoms with van der Waals surface area (Å²) in [5.41, 5.74) is 0. The monoisotopic (exact) mass is 295 g/mol. The molecular formula is C15H21NOS2. The highest BCUT2D eigenvalue weighted by atomic mass is 32.1. The van der Waals surface area contributed by atoms with Crippen LogP contribution in [0.3, 0.4) is 0 Å². The molecule has 19 heavy (non-hydrogen) atoms. The Morgan fingerprint density at radius 2 is 2.16 bits per heavy atom. The Kier molecular flexibility index (Phi) is 5.89. The molecule has 2 heterocycles. The minimum Gasteiger partial charge on any atom is -0.496 e. The summed E-state index contributed by atoms with van der Waals surface area (Å²) < 4.78 is 5.46. The normalized spacial score (nSPS) is 12.5. The summed E-state index contributed by atoms with van der Waals surface area (Å²) in [5, 5.41) is 7.90. The molecular weight excluding hydrogens is 274 g/mol. The van der Waals surface area contributed by atoms with Gasteiger partial charge in [0.05, 0.1) is 12.0 Å². The molecule has 0 fully saturated rings. The van der Waals surface area contributed by atoms with Gasteiger partial charge in [0.15, 0.2) is 0 Å². The predicted octanol–water partition coefficient (Wildman–Crippen LogP) is 4.49. The Labute approximate surface area is 123 Å². The van der Waals surface area contributed by atoms with Crippen molar-refractivity contribution in [3.8, 4) is 5.75 Å². The fourth-order valence-electron chi connectivity index (χ4n) is 2.12. The molecule has 2 rings (SSSR count). The summed E-state index contributed by atoms with van der Waals surface area (Å²) in [6, 6.07) is 6.80. The Bertz CT molecular complexity index is 464. The van der Waals surface area contributed by atoms with E-state index < -0.39 is 0 Å². The van der Waals surface area contributed by atoms with Crippen molar-refractivity contribution >= 4 is 22.7 Å². The van der Waals surface area contributed by atoms with Crippen molar-refractivity contribution in [2.45, 2.75) is 32.2 Å². The highest BCUT2D eigenvalue weighted by Gasteiger charge is 2.17. The Morgan fingerprint density at radius 3 is 2.84 bits per heavy atom. The van der Waals surface area contributed by atoms with Crippen molar-refractivity contribution in [2.24, 2.45) is 0 Å². The summed E-state index contributed by atoms with van der Waals surface area (Å²) in [7, 11) is 1.75. The van der Waals surface area contributed by atoms with E-state index in [1.165, 1.54) is 9.75 Å². The Morgan fingerprint density at radius 1 is 1.26 bits per heavy atom. The number of hydrogen-bond acceptors (Lipinski definition) is 4. The van der Waals surface area contributed by atoms with Crippen LogP contribution in [0.2, 0.25) is 0 Å². The maximum atomic E-state index is 5.46. The molecule has 104 valence electrons. The van der Waals surface area contributed by atoms with Crippen LogP contribution in [0.25, 0.3) is 0 Å². The van der Waals surface area contributed by atoms with Crippen LogP contribution in [0.1, 0.15) is 35.6 Å². The van der Waals surface area contributed by atoms with Crippen LogP contribution in [0.5, 0.6) is 5.75 Å². The smallest absolute Gasteiger partial charge is 0.134 e. The standard InChI is InChI=1S/C15H21NOS2/c1-3-9-16-13(7-6-12-5-4-10-18-12)15-14(17-2)8-11-19-15/h4-5,8,10-11,13,16H,3,6-7,9H2,1-2H3. The molecule has 2 nitrogen and oxygen atoms in total. The van der Waals surface area contributed by atoms with Gasteiger partial charge < -0.3 is 10.1 Å². The number of methoxy groups -OCH3 is 1. The van der Waals surface area contributed by atoms with Gasteiger partial charge in [0.2, 0.25) is 0 Å². The number of thiophene rings is 2. The lowest BCUT2D eigenvalue weighted by Crippen LogP contribution is -2.22. The second-order valence-corrected chi connectivity index (χ2v) is 6.46. The van der Waals surface area contributed by atoms with Gasteiger partial charge in [-0.1, -0.05) is 13.0 Å². The number of nitrogens with one attached hydrogen (secondary N) is 1. The number of hydrogen-bond donors (Lipinski definition) is 1. The van der Waals surface area contributed by atoms with Crippen LogP contribution in [-0.4, -0.2) is 13.7 Å². The second-order valence-electron chi connectivity index (χ2n) is 4.48. The summed E-state index contributed by atoms with van der Waals surface area (Å²) in [6.45, 7) is 3.26. The first kappa shape index (κ1) is 14.6. The lowest BCUT2D eigenvalue weighted by molar-refractivity contribution is 0.399. The summed E-state index contributed by atoms with van der Waals surface area (Å²) >= 11 is 3.63. The molecule has 0 aliphatic heterocycles. The van der Waals surface area contributed by atoms with Crippen LogP contribution in [0.4, 0.5) is 0 Å². The van der Waals surface area contributed by atoms with Gasteiger partial charge >= 0.3 is 0 Å². The summed E-state index contributed by atoms with van der Waals surface area (Å²) in [6.07, 6.45) is 3.40. The molecule has 0 saturated carbocycles. The van der Waals surface area contributed by atoms with Gasteiger partial charge in [0, 0.05) is 10.9 Å². The van der Waals surface area contributed by atoms with Crippen molar-refractivity contribution in [3.05, 3.63) is 38.7 Å². The van der Waals surface area contributed by atoms with Crippen molar-refractivity contribution in [2.75, 3.05) is 13.7 Å². The van der Waals surface area contributed by atoms with E-state index in [9.17, 15) is 0 Å². The van der Waals surface area contributed by atoms with Gasteiger partial charge in [-0.25, -0.2) is 0 Å². The maximum absolute atomic E-state index is 5.46. The molecule has 1 atom stereocenters. The van der Waals surface area contributed by atoms with Gasteiger partial charge in [-0.15, -0.1) is 22.7 Å². The molecule has 0 saturated heterocycles. The molecule has 0 amide bonds. The summed E-state index contributed by atoms with van der Waals surface area (Å²) in [4.78, 5) is 2.78. The number of aryl methyl sites for hydroxylation is 1. The first-order valence-electron chi connectivity index (χ1n) is 6.72. The fourth-order valence-corrected chi connectivity index (χ4v) is 3.81. The average molecular weight is 295 g/mol. The highest BCUT2D eigenvalue weighted by molar-refractivity contribution is 7.10. The van der Waals surface area contributed by atoms with Crippen LogP contribution in [-0.2, 0) is 6.42 Å². The number of rotatable bonds is 8. The quantitative estimate of drug-likeness (QED) is 0.774. The van der Waals surface area contributed by atoms with Crippen molar-refractivity contribution in [1.29, 1.82) is 0 Å². The minimum atomic E-state index is 0.400. The zero-order valence-corrected chi connectivity index (χ0v) is 13.2. The van der Waals surface area contributed by atoms with E-state index in [-0.39, 0.29) is 0 Å². The van der Waals surface area contributed by atoms with Crippen molar-refractivity contribution < 1.29 is 4.74 Å². The third-order valence-corrected chi connectivity index (χ3v) is 5.04. The fraction of sp³-hybridized carbons (Fsp3) is 0.467. The van der Waals surface area contributed by atoms with Crippen LogP contribution in [0.15, 0.2) is 29.0 Å². The SMILES string of the molecule is CCCNC(CCc1cccs1)c1sccc1OC. The van der Waals surface area contributed by atoms with Gasteiger partial charge in [-0.3, -0.25) is 0 Å². The van der Waals surface area contributed by atoms with Gasteiger partial charge in [0.25, 0.3) is 0 Å². The summed E-state index contributed by atoms with van der Waals surface area (Å²) in [5.74, 6) is 1.02. The molecule has 0 aliphatic rings. The van der Waals surface area contributed by atoms with Crippen LogP contribution in [0, 0.1) is 0 Å². The lowest BCUT2D eigenvalue weighted by atomic mass is 10.1. The average Bonchev–Trinajstić information content (AvgIpc) is 3.09. The lowest BCUT2D eigenvalue weighted by Gasteiger charge is -2.18. The molecule has 2 aromatic rings. The van der Waals surface area contributed by atoms with Gasteiger partial charge in [0.1, 0.15) is 5.75 Å². The maximum Gasteiger partial charge on any atom is 0.134 e. The van der Waals surface area contributed by atoms with Crippen LogP contribution >= 0.6 is 22.7 Å². The van der Waals surface area contributed by atoms with E-state index in [1.807, 2.05) is 11.3 Å². The van der Waals surface area contributed by atoms with E-state index in [4.69, 9.17) is 4.74 Å². The molecule has 0 aliphatic carbocycles.